The van der Waals surface area contributed by atoms with Crippen LogP contribution in [0.4, 0.5) is 0 Å². The van der Waals surface area contributed by atoms with Gasteiger partial charge < -0.3 is 15.5 Å². The first-order chi connectivity index (χ1) is 12.6. The van der Waals surface area contributed by atoms with Gasteiger partial charge in [0, 0.05) is 43.2 Å². The zero-order chi connectivity index (χ0) is 18.8. The molecule has 0 aromatic carbocycles. The van der Waals surface area contributed by atoms with Crippen LogP contribution in [-0.4, -0.2) is 62.5 Å². The molecule has 27 heavy (non-hydrogen) atoms. The van der Waals surface area contributed by atoms with Crippen LogP contribution in [0.5, 0.6) is 0 Å². The highest BCUT2D eigenvalue weighted by Crippen LogP contribution is 2.41. The molecule has 1 aromatic rings. The molecule has 0 bridgehead atoms. The lowest BCUT2D eigenvalue weighted by Crippen LogP contribution is -2.47. The SMILES string of the molecule is CSCCNC(=NCC(=O)N(C)C)NCC1(c2cccs2)CCCCC1.I. The van der Waals surface area contributed by atoms with Gasteiger partial charge in [-0.15, -0.1) is 35.3 Å². The van der Waals surface area contributed by atoms with Crippen LogP contribution in [0.1, 0.15) is 37.0 Å². The van der Waals surface area contributed by atoms with Crippen molar-refractivity contribution >= 4 is 58.9 Å². The van der Waals surface area contributed by atoms with Crippen molar-refractivity contribution in [3.8, 4) is 0 Å². The standard InChI is InChI=1S/C19H32N4OS2.HI/c1-23(2)17(24)14-21-18(20-11-13-25-3)22-15-19(9-5-4-6-10-19)16-8-7-12-26-16;/h7-8,12H,4-6,9-11,13-15H2,1-3H3,(H2,20,21,22);1H. The topological polar surface area (TPSA) is 56.7 Å². The number of aliphatic imine (C=N–C) groups is 1. The van der Waals surface area contributed by atoms with Gasteiger partial charge in [0.15, 0.2) is 5.96 Å². The van der Waals surface area contributed by atoms with E-state index in [1.807, 2.05) is 11.3 Å². The summed E-state index contributed by atoms with van der Waals surface area (Å²) in [5.41, 5.74) is 0.194. The number of thioether (sulfide) groups is 1. The second kappa shape index (κ2) is 12.9. The summed E-state index contributed by atoms with van der Waals surface area (Å²) in [6, 6.07) is 4.42. The molecule has 5 nitrogen and oxygen atoms in total. The Morgan fingerprint density at radius 2 is 2.04 bits per heavy atom. The van der Waals surface area contributed by atoms with Crippen molar-refractivity contribution in [2.24, 2.45) is 4.99 Å². The van der Waals surface area contributed by atoms with E-state index >= 15 is 0 Å². The van der Waals surface area contributed by atoms with Gasteiger partial charge in [0.2, 0.25) is 5.91 Å². The number of hydrogen-bond acceptors (Lipinski definition) is 4. The maximum atomic E-state index is 11.9. The van der Waals surface area contributed by atoms with Gasteiger partial charge >= 0.3 is 0 Å². The van der Waals surface area contributed by atoms with Crippen LogP contribution < -0.4 is 10.6 Å². The van der Waals surface area contributed by atoms with E-state index in [0.717, 1.165) is 24.8 Å². The Labute approximate surface area is 189 Å². The van der Waals surface area contributed by atoms with Gasteiger partial charge in [0.05, 0.1) is 0 Å². The maximum absolute atomic E-state index is 11.9. The van der Waals surface area contributed by atoms with E-state index in [2.05, 4.69) is 39.4 Å². The van der Waals surface area contributed by atoms with Crippen molar-refractivity contribution < 1.29 is 4.79 Å². The third-order valence-corrected chi connectivity index (χ3v) is 6.65. The maximum Gasteiger partial charge on any atom is 0.243 e. The highest BCUT2D eigenvalue weighted by molar-refractivity contribution is 14.0. The van der Waals surface area contributed by atoms with Crippen molar-refractivity contribution in [2.75, 3.05) is 45.7 Å². The summed E-state index contributed by atoms with van der Waals surface area (Å²) in [5.74, 6) is 1.77. The molecule has 0 unspecified atom stereocenters. The Hall–Kier alpha value is -0.480. The fourth-order valence-corrected chi connectivity index (χ4v) is 4.60. The average Bonchev–Trinajstić information content (AvgIpc) is 3.19. The molecular weight excluding hydrogens is 491 g/mol. The predicted molar refractivity (Wildman–Crippen MR) is 130 cm³/mol. The lowest BCUT2D eigenvalue weighted by molar-refractivity contribution is -0.127. The summed E-state index contributed by atoms with van der Waals surface area (Å²) in [6.07, 6.45) is 8.42. The second-order valence-corrected chi connectivity index (χ2v) is 8.98. The van der Waals surface area contributed by atoms with E-state index in [-0.39, 0.29) is 41.8 Å². The van der Waals surface area contributed by atoms with Crippen LogP contribution in [0.3, 0.4) is 0 Å². The number of nitrogens with zero attached hydrogens (tertiary/aromatic N) is 2. The molecule has 0 atom stereocenters. The Bertz CT molecular complexity index is 572. The van der Waals surface area contributed by atoms with Gasteiger partial charge in [-0.25, -0.2) is 4.99 Å². The monoisotopic (exact) mass is 524 g/mol. The Kier molecular flexibility index (Phi) is 11.7. The summed E-state index contributed by atoms with van der Waals surface area (Å²) in [5, 5.41) is 9.08. The number of guanidine groups is 1. The van der Waals surface area contributed by atoms with Crippen LogP contribution >= 0.6 is 47.1 Å². The Balaban J connectivity index is 0.00000364. The predicted octanol–water partition coefficient (Wildman–Crippen LogP) is 3.55. The van der Waals surface area contributed by atoms with Crippen molar-refractivity contribution in [3.05, 3.63) is 22.4 Å². The summed E-state index contributed by atoms with van der Waals surface area (Å²) in [4.78, 5) is 19.5. The number of rotatable bonds is 8. The highest BCUT2D eigenvalue weighted by atomic mass is 127. The molecule has 1 aliphatic carbocycles. The fraction of sp³-hybridized carbons (Fsp3) is 0.684. The molecule has 0 saturated heterocycles. The smallest absolute Gasteiger partial charge is 0.243 e. The second-order valence-electron chi connectivity index (χ2n) is 7.04. The molecule has 1 saturated carbocycles. The number of likely N-dealkylation sites (N-methyl/N-ethyl adjacent to an activating group) is 1. The molecule has 1 aliphatic rings. The van der Waals surface area contributed by atoms with Gasteiger partial charge in [-0.2, -0.15) is 11.8 Å². The summed E-state index contributed by atoms with van der Waals surface area (Å²) in [6.45, 7) is 1.89. The molecule has 1 heterocycles. The van der Waals surface area contributed by atoms with E-state index in [1.54, 1.807) is 30.8 Å². The van der Waals surface area contributed by atoms with Gasteiger partial charge in [-0.1, -0.05) is 25.3 Å². The van der Waals surface area contributed by atoms with Crippen molar-refractivity contribution in [1.29, 1.82) is 0 Å². The normalized spacial score (nSPS) is 16.3. The summed E-state index contributed by atoms with van der Waals surface area (Å²) >= 11 is 3.66. The molecule has 154 valence electrons. The van der Waals surface area contributed by atoms with Crippen LogP contribution in [0.15, 0.2) is 22.5 Å². The zero-order valence-corrected chi connectivity index (χ0v) is 20.6. The summed E-state index contributed by atoms with van der Waals surface area (Å²) < 4.78 is 0. The first-order valence-electron chi connectivity index (χ1n) is 9.33. The quantitative estimate of drug-likeness (QED) is 0.237. The Morgan fingerprint density at radius 3 is 2.63 bits per heavy atom. The lowest BCUT2D eigenvalue weighted by Gasteiger charge is -2.37. The van der Waals surface area contributed by atoms with Crippen LogP contribution in [0, 0.1) is 0 Å². The van der Waals surface area contributed by atoms with E-state index in [9.17, 15) is 4.79 Å². The first-order valence-corrected chi connectivity index (χ1v) is 11.6. The van der Waals surface area contributed by atoms with Crippen molar-refractivity contribution in [2.45, 2.75) is 37.5 Å². The number of hydrogen-bond donors (Lipinski definition) is 2. The number of carbonyl (C=O) groups is 1. The molecular formula is C19H33IN4OS2. The Morgan fingerprint density at radius 1 is 1.30 bits per heavy atom. The van der Waals surface area contributed by atoms with Crippen LogP contribution in [0.2, 0.25) is 0 Å². The van der Waals surface area contributed by atoms with Crippen molar-refractivity contribution in [3.63, 3.8) is 0 Å². The van der Waals surface area contributed by atoms with E-state index in [0.29, 0.717) is 0 Å². The van der Waals surface area contributed by atoms with Gasteiger partial charge in [-0.05, 0) is 30.5 Å². The molecule has 0 radical (unpaired) electrons. The van der Waals surface area contributed by atoms with Crippen LogP contribution in [0.25, 0.3) is 0 Å². The zero-order valence-electron chi connectivity index (χ0n) is 16.6. The third-order valence-electron chi connectivity index (χ3n) is 4.92. The molecule has 0 spiro atoms. The minimum Gasteiger partial charge on any atom is -0.356 e. The first kappa shape index (κ1) is 24.6. The number of amides is 1. The fourth-order valence-electron chi connectivity index (χ4n) is 3.31. The number of nitrogens with one attached hydrogen (secondary N) is 2. The molecule has 2 rings (SSSR count). The van der Waals surface area contributed by atoms with Gasteiger partial charge in [0.25, 0.3) is 0 Å². The minimum absolute atomic E-state index is 0. The molecule has 1 amide bonds. The highest BCUT2D eigenvalue weighted by Gasteiger charge is 2.34. The average molecular weight is 525 g/mol. The van der Waals surface area contributed by atoms with E-state index < -0.39 is 0 Å². The van der Waals surface area contributed by atoms with E-state index in [1.165, 1.54) is 37.0 Å². The lowest BCUT2D eigenvalue weighted by atomic mass is 9.73. The minimum atomic E-state index is 0. The molecule has 0 aliphatic heterocycles. The van der Waals surface area contributed by atoms with E-state index in [4.69, 9.17) is 0 Å². The largest absolute Gasteiger partial charge is 0.356 e. The third kappa shape index (κ3) is 7.81. The molecule has 1 aromatic heterocycles. The van der Waals surface area contributed by atoms with Gasteiger partial charge in [0.1, 0.15) is 6.54 Å². The number of halogens is 1. The van der Waals surface area contributed by atoms with Gasteiger partial charge in [-0.3, -0.25) is 4.79 Å². The number of thiophene rings is 1. The summed E-state index contributed by atoms with van der Waals surface area (Å²) in [7, 11) is 3.53. The van der Waals surface area contributed by atoms with Crippen LogP contribution in [-0.2, 0) is 10.2 Å². The van der Waals surface area contributed by atoms with Crippen molar-refractivity contribution in [1.82, 2.24) is 15.5 Å². The molecule has 1 fully saturated rings. The molecule has 2 N–H and O–H groups in total. The molecule has 8 heteroatoms. The number of carbonyl (C=O) groups excluding carboxylic acids is 1.